The Balaban J connectivity index is 1.77. The number of aliphatic hydroxyl groups excluding tert-OH is 1. The second-order valence-electron chi connectivity index (χ2n) is 6.63. The van der Waals surface area contributed by atoms with Crippen LogP contribution in [-0.4, -0.2) is 48.8 Å². The molecule has 2 fully saturated rings. The highest BCUT2D eigenvalue weighted by Crippen LogP contribution is 2.29. The zero-order valence-corrected chi connectivity index (χ0v) is 12.6. The molecule has 0 bridgehead atoms. The summed E-state index contributed by atoms with van der Waals surface area (Å²) in [4.78, 5) is 2.71. The van der Waals surface area contributed by atoms with Crippen molar-refractivity contribution in [2.75, 3.05) is 32.8 Å². The summed E-state index contributed by atoms with van der Waals surface area (Å²) in [5, 5.41) is 12.5. The molecule has 0 aromatic carbocycles. The van der Waals surface area contributed by atoms with Gasteiger partial charge in [0, 0.05) is 32.3 Å². The van der Waals surface area contributed by atoms with E-state index < -0.39 is 0 Å². The average molecular weight is 268 g/mol. The molecule has 2 aliphatic rings. The van der Waals surface area contributed by atoms with Crippen LogP contribution >= 0.6 is 0 Å². The lowest BCUT2D eigenvalue weighted by Crippen LogP contribution is -2.51. The third kappa shape index (κ3) is 5.05. The predicted octanol–water partition coefficient (Wildman–Crippen LogP) is 2.25. The molecular weight excluding hydrogens is 236 g/mol. The van der Waals surface area contributed by atoms with Crippen molar-refractivity contribution in [3.63, 3.8) is 0 Å². The molecule has 2 N–H and O–H groups in total. The molecule has 0 aromatic heterocycles. The van der Waals surface area contributed by atoms with Crippen LogP contribution in [0.2, 0.25) is 0 Å². The summed E-state index contributed by atoms with van der Waals surface area (Å²) in [6, 6.07) is 0.650. The molecule has 1 aliphatic heterocycles. The first-order valence-electron chi connectivity index (χ1n) is 8.38. The van der Waals surface area contributed by atoms with E-state index in [0.717, 1.165) is 24.8 Å². The van der Waals surface area contributed by atoms with Crippen LogP contribution in [0.4, 0.5) is 0 Å². The lowest BCUT2D eigenvalue weighted by Gasteiger charge is -2.41. The van der Waals surface area contributed by atoms with Crippen molar-refractivity contribution < 1.29 is 5.11 Å². The predicted molar refractivity (Wildman–Crippen MR) is 80.3 cm³/mol. The lowest BCUT2D eigenvalue weighted by atomic mass is 9.83. The van der Waals surface area contributed by atoms with Crippen molar-refractivity contribution in [1.82, 2.24) is 10.2 Å². The smallest absolute Gasteiger partial charge is 0.0443 e. The van der Waals surface area contributed by atoms with Crippen LogP contribution in [0.25, 0.3) is 0 Å². The summed E-state index contributed by atoms with van der Waals surface area (Å²) in [7, 11) is 0. The number of nitrogens with zero attached hydrogens (tertiary/aromatic N) is 1. The number of likely N-dealkylation sites (tertiary alicyclic amines) is 1. The van der Waals surface area contributed by atoms with E-state index in [1.54, 1.807) is 0 Å². The zero-order valence-electron chi connectivity index (χ0n) is 12.6. The van der Waals surface area contributed by atoms with Gasteiger partial charge in [0.2, 0.25) is 0 Å². The zero-order chi connectivity index (χ0) is 13.5. The van der Waals surface area contributed by atoms with Crippen LogP contribution in [0.1, 0.15) is 51.9 Å². The molecule has 1 heterocycles. The van der Waals surface area contributed by atoms with Crippen molar-refractivity contribution in [2.45, 2.75) is 57.9 Å². The molecule has 0 radical (unpaired) electrons. The fourth-order valence-electron chi connectivity index (χ4n) is 3.64. The van der Waals surface area contributed by atoms with Gasteiger partial charge in [-0.2, -0.15) is 0 Å². The molecular formula is C16H32N2O. The van der Waals surface area contributed by atoms with Crippen LogP contribution in [0.3, 0.4) is 0 Å². The van der Waals surface area contributed by atoms with Gasteiger partial charge in [-0.3, -0.25) is 0 Å². The molecule has 3 heteroatoms. The number of nitrogens with one attached hydrogen (secondary N) is 1. The Hall–Kier alpha value is -0.120. The molecule has 1 aliphatic carbocycles. The monoisotopic (exact) mass is 268 g/mol. The van der Waals surface area contributed by atoms with Gasteiger partial charge in [0.1, 0.15) is 0 Å². The number of hydrogen-bond acceptors (Lipinski definition) is 3. The minimum Gasteiger partial charge on any atom is -0.396 e. The summed E-state index contributed by atoms with van der Waals surface area (Å²) in [5.41, 5.74) is 0. The van der Waals surface area contributed by atoms with Gasteiger partial charge in [-0.05, 0) is 50.5 Å². The molecule has 2 unspecified atom stereocenters. The molecule has 1 saturated carbocycles. The lowest BCUT2D eigenvalue weighted by molar-refractivity contribution is 0.0978. The summed E-state index contributed by atoms with van der Waals surface area (Å²) < 4.78 is 0. The third-order valence-electron chi connectivity index (χ3n) is 4.82. The normalized spacial score (nSPS) is 29.4. The third-order valence-corrected chi connectivity index (χ3v) is 4.82. The molecule has 0 spiro atoms. The van der Waals surface area contributed by atoms with Gasteiger partial charge >= 0.3 is 0 Å². The maximum absolute atomic E-state index is 8.89. The first-order valence-corrected chi connectivity index (χ1v) is 8.38. The van der Waals surface area contributed by atoms with Gasteiger partial charge in [0.15, 0.2) is 0 Å². The summed E-state index contributed by atoms with van der Waals surface area (Å²) >= 11 is 0. The Morgan fingerprint density at radius 1 is 1.21 bits per heavy atom. The Morgan fingerprint density at radius 2 is 2.05 bits per heavy atom. The van der Waals surface area contributed by atoms with Gasteiger partial charge in [-0.15, -0.1) is 0 Å². The van der Waals surface area contributed by atoms with Crippen molar-refractivity contribution in [3.05, 3.63) is 0 Å². The molecule has 19 heavy (non-hydrogen) atoms. The van der Waals surface area contributed by atoms with Crippen molar-refractivity contribution in [3.8, 4) is 0 Å². The van der Waals surface area contributed by atoms with Crippen LogP contribution in [-0.2, 0) is 0 Å². The number of rotatable bonds is 8. The molecule has 1 saturated heterocycles. The number of aliphatic hydroxyl groups is 1. The quantitative estimate of drug-likeness (QED) is 0.663. The van der Waals surface area contributed by atoms with E-state index in [1.807, 2.05) is 0 Å². The van der Waals surface area contributed by atoms with E-state index >= 15 is 0 Å². The minimum atomic E-state index is 0.309. The Morgan fingerprint density at radius 3 is 2.68 bits per heavy atom. The molecule has 112 valence electrons. The van der Waals surface area contributed by atoms with Gasteiger partial charge in [-0.25, -0.2) is 0 Å². The fourth-order valence-corrected chi connectivity index (χ4v) is 3.64. The van der Waals surface area contributed by atoms with Crippen molar-refractivity contribution >= 4 is 0 Å². The summed E-state index contributed by atoms with van der Waals surface area (Å²) in [5.74, 6) is 1.86. The second-order valence-corrected chi connectivity index (χ2v) is 6.63. The van der Waals surface area contributed by atoms with Crippen molar-refractivity contribution in [2.24, 2.45) is 11.8 Å². The van der Waals surface area contributed by atoms with Crippen LogP contribution in [0, 0.1) is 11.8 Å². The molecule has 2 rings (SSSR count). The van der Waals surface area contributed by atoms with Gasteiger partial charge < -0.3 is 15.3 Å². The highest BCUT2D eigenvalue weighted by molar-refractivity contribution is 4.85. The maximum atomic E-state index is 8.89. The van der Waals surface area contributed by atoms with Crippen molar-refractivity contribution in [1.29, 1.82) is 0 Å². The van der Waals surface area contributed by atoms with E-state index in [4.69, 9.17) is 5.11 Å². The first kappa shape index (κ1) is 15.3. The highest BCUT2D eigenvalue weighted by Gasteiger charge is 2.29. The Bertz CT molecular complexity index is 243. The minimum absolute atomic E-state index is 0.309. The van der Waals surface area contributed by atoms with Crippen LogP contribution in [0.15, 0.2) is 0 Å². The number of piperidine rings is 1. The topological polar surface area (TPSA) is 35.5 Å². The fraction of sp³-hybridized carbons (Fsp3) is 1.00. The molecule has 0 aromatic rings. The molecule has 0 amide bonds. The SMILES string of the molecule is CCCC1CC(NCCCO)CN(CC2CCC2)C1. The van der Waals surface area contributed by atoms with Crippen LogP contribution < -0.4 is 5.32 Å². The standard InChI is InChI=1S/C16H32N2O/c1-2-5-15-10-16(17-8-4-9-19)13-18(12-15)11-14-6-3-7-14/h14-17,19H,2-13H2,1H3. The maximum Gasteiger partial charge on any atom is 0.0443 e. The van der Waals surface area contributed by atoms with E-state index in [0.29, 0.717) is 12.6 Å². The Labute approximate surface area is 118 Å². The Kier molecular flexibility index (Phi) is 6.62. The summed E-state index contributed by atoms with van der Waals surface area (Å²) in [6.07, 6.45) is 9.27. The van der Waals surface area contributed by atoms with E-state index in [9.17, 15) is 0 Å². The second kappa shape index (κ2) is 8.23. The molecule has 3 nitrogen and oxygen atoms in total. The van der Waals surface area contributed by atoms with E-state index in [-0.39, 0.29) is 0 Å². The van der Waals surface area contributed by atoms with E-state index in [2.05, 4.69) is 17.1 Å². The summed E-state index contributed by atoms with van der Waals surface area (Å²) in [6.45, 7) is 7.46. The highest BCUT2D eigenvalue weighted by atomic mass is 16.3. The number of hydrogen-bond donors (Lipinski definition) is 2. The average Bonchev–Trinajstić information content (AvgIpc) is 2.35. The first-order chi connectivity index (χ1) is 9.31. The van der Waals surface area contributed by atoms with E-state index in [1.165, 1.54) is 58.2 Å². The molecule has 2 atom stereocenters. The largest absolute Gasteiger partial charge is 0.396 e. The van der Waals surface area contributed by atoms with Crippen LogP contribution in [0.5, 0.6) is 0 Å². The van der Waals surface area contributed by atoms with Gasteiger partial charge in [0.05, 0.1) is 0 Å². The van der Waals surface area contributed by atoms with Gasteiger partial charge in [-0.1, -0.05) is 19.8 Å². The van der Waals surface area contributed by atoms with Gasteiger partial charge in [0.25, 0.3) is 0 Å².